The standard InChI is InChI=1S/C71H131N2O7P/c1-7-10-13-16-19-22-25-27-29-31-33-35-36-38-40-42-44-46-49-52-55-58-61-64-71(75)80-69(62-59-56-53-50-47-24-21-18-15-12-9-3)68(67-79-81(76,77)78-66-65-73(4,5)6)72-70(74)63-60-57-54-51-48-45-43-41-39-37-34-32-30-28-26-23-20-17-14-11-8-2/h10,13,19,22,27,29,33,35,38,40,59,62,68-69H,7-9,11-12,14-18,20-21,23-26,28,30-32,34,36-37,39,41-58,60-61,63-67H2,1-6H3,(H-,72,74,76,77)/b13-10-,22-19-,29-27-,35-33-,40-38-,62-59+. The number of nitrogens with zero attached hydrogens (tertiary/aromatic N) is 1. The third kappa shape index (κ3) is 61.8. The van der Waals surface area contributed by atoms with Gasteiger partial charge in [0.1, 0.15) is 19.3 Å². The van der Waals surface area contributed by atoms with Crippen LogP contribution < -0.4 is 10.2 Å². The van der Waals surface area contributed by atoms with E-state index in [4.69, 9.17) is 13.8 Å². The van der Waals surface area contributed by atoms with Gasteiger partial charge >= 0.3 is 5.97 Å². The maximum Gasteiger partial charge on any atom is 0.306 e. The Labute approximate surface area is 502 Å². The second-order valence-electron chi connectivity index (χ2n) is 24.3. The Balaban J connectivity index is 5.10. The largest absolute Gasteiger partial charge is 0.756 e. The van der Waals surface area contributed by atoms with Crippen LogP contribution in [-0.4, -0.2) is 69.4 Å². The first kappa shape index (κ1) is 78.5. The van der Waals surface area contributed by atoms with Gasteiger partial charge in [-0.2, -0.15) is 0 Å². The lowest BCUT2D eigenvalue weighted by Crippen LogP contribution is -2.47. The van der Waals surface area contributed by atoms with Crippen LogP contribution in [-0.2, 0) is 27.9 Å². The molecule has 10 heteroatoms. The van der Waals surface area contributed by atoms with Gasteiger partial charge in [0.2, 0.25) is 5.91 Å². The minimum absolute atomic E-state index is 0.0249. The van der Waals surface area contributed by atoms with Gasteiger partial charge in [-0.15, -0.1) is 0 Å². The molecule has 9 nitrogen and oxygen atoms in total. The molecule has 472 valence electrons. The van der Waals surface area contributed by atoms with Crippen LogP contribution in [0.5, 0.6) is 0 Å². The summed E-state index contributed by atoms with van der Waals surface area (Å²) in [6.07, 6.45) is 78.8. The zero-order valence-corrected chi connectivity index (χ0v) is 54.9. The molecule has 0 aliphatic heterocycles. The van der Waals surface area contributed by atoms with E-state index in [1.54, 1.807) is 0 Å². The molecule has 0 aromatic rings. The van der Waals surface area contributed by atoms with Crippen LogP contribution in [0, 0.1) is 0 Å². The van der Waals surface area contributed by atoms with E-state index in [-0.39, 0.29) is 24.9 Å². The predicted octanol–water partition coefficient (Wildman–Crippen LogP) is 20.9. The Morgan fingerprint density at radius 1 is 0.444 bits per heavy atom. The van der Waals surface area contributed by atoms with Gasteiger partial charge < -0.3 is 28.5 Å². The van der Waals surface area contributed by atoms with Crippen LogP contribution in [0.15, 0.2) is 72.9 Å². The van der Waals surface area contributed by atoms with Gasteiger partial charge in [0, 0.05) is 12.8 Å². The van der Waals surface area contributed by atoms with Gasteiger partial charge in [-0.3, -0.25) is 14.2 Å². The summed E-state index contributed by atoms with van der Waals surface area (Å²) in [5.41, 5.74) is 0. The molecule has 0 bridgehead atoms. The molecule has 0 aromatic carbocycles. The molecule has 0 radical (unpaired) electrons. The molecule has 0 spiro atoms. The van der Waals surface area contributed by atoms with Crippen LogP contribution in [0.25, 0.3) is 0 Å². The van der Waals surface area contributed by atoms with E-state index in [9.17, 15) is 19.0 Å². The highest BCUT2D eigenvalue weighted by Crippen LogP contribution is 2.38. The predicted molar refractivity (Wildman–Crippen MR) is 348 cm³/mol. The maximum absolute atomic E-state index is 13.6. The number of esters is 1. The fourth-order valence-electron chi connectivity index (χ4n) is 9.90. The summed E-state index contributed by atoms with van der Waals surface area (Å²) >= 11 is 0. The molecule has 0 aliphatic rings. The number of hydrogen-bond acceptors (Lipinski definition) is 7. The van der Waals surface area contributed by atoms with E-state index in [1.165, 1.54) is 180 Å². The first-order chi connectivity index (χ1) is 39.4. The number of amides is 1. The highest BCUT2D eigenvalue weighted by Gasteiger charge is 2.27. The van der Waals surface area contributed by atoms with Gasteiger partial charge in [-0.1, -0.05) is 299 Å². The number of quaternary nitrogens is 1. The fourth-order valence-corrected chi connectivity index (χ4v) is 10.6. The van der Waals surface area contributed by atoms with Crippen molar-refractivity contribution in [1.29, 1.82) is 0 Å². The average Bonchev–Trinajstić information content (AvgIpc) is 3.44. The third-order valence-corrected chi connectivity index (χ3v) is 16.1. The molecule has 1 N–H and O–H groups in total. The summed E-state index contributed by atoms with van der Waals surface area (Å²) in [5, 5.41) is 3.04. The Morgan fingerprint density at radius 2 is 0.790 bits per heavy atom. The topological polar surface area (TPSA) is 114 Å². The highest BCUT2D eigenvalue weighted by molar-refractivity contribution is 7.45. The minimum atomic E-state index is -4.70. The van der Waals surface area contributed by atoms with Crippen molar-refractivity contribution in [3.8, 4) is 0 Å². The average molecular weight is 1160 g/mol. The number of unbranched alkanes of at least 4 members (excludes halogenated alkanes) is 36. The van der Waals surface area contributed by atoms with Crippen molar-refractivity contribution in [2.75, 3.05) is 40.9 Å². The van der Waals surface area contributed by atoms with Crippen molar-refractivity contribution in [2.45, 2.75) is 328 Å². The van der Waals surface area contributed by atoms with E-state index in [2.05, 4.69) is 86.8 Å². The second kappa shape index (κ2) is 60.6. The monoisotopic (exact) mass is 1150 g/mol. The van der Waals surface area contributed by atoms with Crippen LogP contribution in [0.2, 0.25) is 0 Å². The van der Waals surface area contributed by atoms with Crippen LogP contribution in [0.3, 0.4) is 0 Å². The first-order valence-corrected chi connectivity index (χ1v) is 35.7. The van der Waals surface area contributed by atoms with Crippen molar-refractivity contribution in [3.05, 3.63) is 72.9 Å². The van der Waals surface area contributed by atoms with Crippen molar-refractivity contribution in [2.24, 2.45) is 0 Å². The molecule has 1 amide bonds. The van der Waals surface area contributed by atoms with Gasteiger partial charge in [-0.05, 0) is 76.7 Å². The smallest absolute Gasteiger partial charge is 0.306 e. The van der Waals surface area contributed by atoms with Crippen LogP contribution >= 0.6 is 7.82 Å². The number of phosphoric acid groups is 1. The molecule has 0 aliphatic carbocycles. The van der Waals surface area contributed by atoms with Gasteiger partial charge in [0.25, 0.3) is 7.82 Å². The van der Waals surface area contributed by atoms with Crippen LogP contribution in [0.4, 0.5) is 0 Å². The Morgan fingerprint density at radius 3 is 1.19 bits per heavy atom. The number of phosphoric ester groups is 1. The summed E-state index contributed by atoms with van der Waals surface area (Å²) < 4.78 is 30.4. The van der Waals surface area contributed by atoms with Crippen molar-refractivity contribution in [3.63, 3.8) is 0 Å². The summed E-state index contributed by atoms with van der Waals surface area (Å²) in [6.45, 7) is 6.75. The second-order valence-corrected chi connectivity index (χ2v) is 25.7. The number of carbonyl (C=O) groups excluding carboxylic acids is 2. The lowest BCUT2D eigenvalue weighted by atomic mass is 10.0. The summed E-state index contributed by atoms with van der Waals surface area (Å²) in [7, 11) is 1.18. The van der Waals surface area contributed by atoms with Gasteiger partial charge in [0.05, 0.1) is 33.8 Å². The number of carbonyl (C=O) groups is 2. The molecule has 0 saturated heterocycles. The first-order valence-electron chi connectivity index (χ1n) is 34.2. The number of nitrogens with one attached hydrogen (secondary N) is 1. The van der Waals surface area contributed by atoms with E-state index in [1.807, 2.05) is 33.3 Å². The zero-order valence-electron chi connectivity index (χ0n) is 54.0. The van der Waals surface area contributed by atoms with Crippen LogP contribution in [0.1, 0.15) is 316 Å². The summed E-state index contributed by atoms with van der Waals surface area (Å²) in [4.78, 5) is 40.1. The molecular weight excluding hydrogens is 1020 g/mol. The Kier molecular flexibility index (Phi) is 58.7. The normalized spacial score (nSPS) is 14.0. The van der Waals surface area contributed by atoms with Crippen molar-refractivity contribution < 1.29 is 37.3 Å². The number of ether oxygens (including phenoxy) is 1. The number of likely N-dealkylation sites (N-methyl/N-ethyl adjacent to an activating group) is 1. The quantitative estimate of drug-likeness (QED) is 0.0212. The van der Waals surface area contributed by atoms with Crippen molar-refractivity contribution in [1.82, 2.24) is 5.32 Å². The summed E-state index contributed by atoms with van der Waals surface area (Å²) in [5.74, 6) is -0.544. The van der Waals surface area contributed by atoms with E-state index < -0.39 is 26.6 Å². The van der Waals surface area contributed by atoms with E-state index >= 15 is 0 Å². The zero-order chi connectivity index (χ0) is 59.3. The summed E-state index contributed by atoms with van der Waals surface area (Å²) in [6, 6.07) is -0.894. The number of hydrogen-bond donors (Lipinski definition) is 1. The molecular formula is C71H131N2O7P. The SMILES string of the molecule is CC/C=C\C/C=C\C/C=C\C/C=C\C/C=C\CCCCCCCCCC(=O)OC(/C=C/CCCCCCCCCCC)C(COP(=O)([O-])OCC[N+](C)(C)C)NC(=O)CCCCCCCCCCCCCCCCCCCCCCC. The Bertz CT molecular complexity index is 1620. The lowest BCUT2D eigenvalue weighted by Gasteiger charge is -2.30. The molecule has 3 unspecified atom stereocenters. The molecule has 0 fully saturated rings. The highest BCUT2D eigenvalue weighted by atomic mass is 31.2. The number of rotatable bonds is 62. The van der Waals surface area contributed by atoms with Gasteiger partial charge in [-0.25, -0.2) is 0 Å². The Hall–Kier alpha value is -2.55. The lowest BCUT2D eigenvalue weighted by molar-refractivity contribution is -0.870. The molecule has 3 atom stereocenters. The maximum atomic E-state index is 13.6. The van der Waals surface area contributed by atoms with E-state index in [0.717, 1.165) is 103 Å². The molecule has 0 saturated carbocycles. The molecule has 0 aromatic heterocycles. The molecule has 0 heterocycles. The van der Waals surface area contributed by atoms with E-state index in [0.29, 0.717) is 17.4 Å². The van der Waals surface area contributed by atoms with Crippen molar-refractivity contribution >= 4 is 19.7 Å². The minimum Gasteiger partial charge on any atom is -0.756 e. The third-order valence-electron chi connectivity index (χ3n) is 15.2. The molecule has 81 heavy (non-hydrogen) atoms. The van der Waals surface area contributed by atoms with Gasteiger partial charge in [0.15, 0.2) is 0 Å². The number of allylic oxidation sites excluding steroid dienone is 11. The fraction of sp³-hybridized carbons (Fsp3) is 0.803. The molecule has 0 rings (SSSR count).